The summed E-state index contributed by atoms with van der Waals surface area (Å²) in [6, 6.07) is 98.5. The molecule has 0 radical (unpaired) electrons. The van der Waals surface area contributed by atoms with Crippen molar-refractivity contribution in [3.63, 3.8) is 0 Å². The summed E-state index contributed by atoms with van der Waals surface area (Å²) >= 11 is 0. The molecule has 0 bridgehead atoms. The summed E-state index contributed by atoms with van der Waals surface area (Å²) in [6.45, 7) is 0. The molecule has 0 aromatic heterocycles. The molecule has 0 saturated heterocycles. The van der Waals surface area contributed by atoms with Crippen molar-refractivity contribution in [1.29, 1.82) is 0 Å². The van der Waals surface area contributed by atoms with Crippen LogP contribution in [0.3, 0.4) is 0 Å². The Morgan fingerprint density at radius 3 is 1.42 bits per heavy atom. The summed E-state index contributed by atoms with van der Waals surface area (Å²) in [5.74, 6) is 0. The molecule has 0 unspecified atom stereocenters. The SMILES string of the molecule is c1ccc(-c2ccc(N(c3ccc(-c4ccc5c(c4)[Si](c4ccccc4)(c4ccccc4)c4ccccc4N5c4ccccc4)cc3)c3cc4ccccc4c4ccccc34)cc2)cc1. The molecule has 11 aromatic rings. The predicted octanol–water partition coefficient (Wildman–Crippen LogP) is 14.0. The summed E-state index contributed by atoms with van der Waals surface area (Å²) in [7, 11) is -2.86. The highest BCUT2D eigenvalue weighted by Gasteiger charge is 2.48. The van der Waals surface area contributed by atoms with Gasteiger partial charge in [0.05, 0.1) is 5.69 Å². The molecule has 0 amide bonds. The molecule has 0 fully saturated rings. The Hall–Kier alpha value is -8.24. The first kappa shape index (κ1) is 38.4. The van der Waals surface area contributed by atoms with Crippen molar-refractivity contribution in [2.24, 2.45) is 0 Å². The molecule has 0 saturated carbocycles. The van der Waals surface area contributed by atoms with Gasteiger partial charge in [0.25, 0.3) is 0 Å². The molecule has 0 atom stereocenters. The van der Waals surface area contributed by atoms with E-state index in [1.165, 1.54) is 75.9 Å². The first-order chi connectivity index (χ1) is 32.3. The number of rotatable bonds is 8. The van der Waals surface area contributed by atoms with Crippen LogP contribution in [0.4, 0.5) is 34.1 Å². The van der Waals surface area contributed by atoms with Gasteiger partial charge in [0, 0.05) is 33.8 Å². The molecule has 0 spiro atoms. The molecule has 2 nitrogen and oxygen atoms in total. The van der Waals surface area contributed by atoms with Crippen molar-refractivity contribution in [1.82, 2.24) is 0 Å². The van der Waals surface area contributed by atoms with Crippen LogP contribution in [0.15, 0.2) is 267 Å². The van der Waals surface area contributed by atoms with Gasteiger partial charge in [-0.1, -0.05) is 212 Å². The summed E-state index contributed by atoms with van der Waals surface area (Å²) in [4.78, 5) is 4.90. The van der Waals surface area contributed by atoms with Crippen molar-refractivity contribution >= 4 is 84.5 Å². The minimum atomic E-state index is -2.86. The van der Waals surface area contributed by atoms with E-state index in [0.29, 0.717) is 0 Å². The van der Waals surface area contributed by atoms with Crippen molar-refractivity contribution < 1.29 is 0 Å². The van der Waals surface area contributed by atoms with E-state index in [9.17, 15) is 0 Å². The average Bonchev–Trinajstić information content (AvgIpc) is 3.39. The van der Waals surface area contributed by atoms with Crippen LogP contribution in [0.2, 0.25) is 0 Å². The Kier molecular flexibility index (Phi) is 9.55. The van der Waals surface area contributed by atoms with Crippen molar-refractivity contribution in [3.8, 4) is 22.3 Å². The van der Waals surface area contributed by atoms with E-state index in [2.05, 4.69) is 277 Å². The van der Waals surface area contributed by atoms with Crippen LogP contribution in [0.5, 0.6) is 0 Å². The van der Waals surface area contributed by atoms with Gasteiger partial charge >= 0.3 is 0 Å². The Morgan fingerprint density at radius 2 is 0.769 bits per heavy atom. The smallest absolute Gasteiger partial charge is 0.184 e. The highest BCUT2D eigenvalue weighted by molar-refractivity contribution is 7.21. The lowest BCUT2D eigenvalue weighted by molar-refractivity contribution is 1.29. The fourth-order valence-corrected chi connectivity index (χ4v) is 15.5. The number of anilines is 6. The van der Waals surface area contributed by atoms with Gasteiger partial charge in [-0.25, -0.2) is 0 Å². The summed E-state index contributed by atoms with van der Waals surface area (Å²) < 4.78 is 0. The lowest BCUT2D eigenvalue weighted by Gasteiger charge is -2.45. The molecule has 306 valence electrons. The van der Waals surface area contributed by atoms with E-state index in [4.69, 9.17) is 0 Å². The van der Waals surface area contributed by atoms with Gasteiger partial charge in [-0.2, -0.15) is 0 Å². The summed E-state index contributed by atoms with van der Waals surface area (Å²) in [5, 5.41) is 10.4. The standard InChI is InChI=1S/C62H44N2Si/c1-5-19-45(20-6-1)46-33-38-51(39-34-46)63(60-43-49-21-13-14-28-55(49)56-29-15-16-30-57(56)60)52-40-35-47(36-41-52)48-37-42-59-62(44-48)65(53-24-9-3-10-25-53,54-26-11-4-12-27-54)61-32-18-17-31-58(61)64(59)50-22-7-2-8-23-50/h1-44H. The fraction of sp³-hybridized carbons (Fsp3) is 0. The van der Waals surface area contributed by atoms with Crippen molar-refractivity contribution in [2.45, 2.75) is 0 Å². The lowest BCUT2D eigenvalue weighted by Crippen LogP contribution is -2.77. The molecular formula is C62H44N2Si. The molecule has 11 aromatic carbocycles. The lowest BCUT2D eigenvalue weighted by atomic mass is 9.98. The van der Waals surface area contributed by atoms with Crippen LogP contribution >= 0.6 is 0 Å². The van der Waals surface area contributed by atoms with Crippen LogP contribution in [0.25, 0.3) is 43.8 Å². The Morgan fingerprint density at radius 1 is 0.308 bits per heavy atom. The van der Waals surface area contributed by atoms with Crippen LogP contribution < -0.4 is 30.5 Å². The minimum absolute atomic E-state index is 1.10. The van der Waals surface area contributed by atoms with Crippen LogP contribution in [-0.2, 0) is 0 Å². The minimum Gasteiger partial charge on any atom is -0.311 e. The van der Waals surface area contributed by atoms with Gasteiger partial charge in [-0.05, 0) is 114 Å². The van der Waals surface area contributed by atoms with E-state index in [-0.39, 0.29) is 0 Å². The van der Waals surface area contributed by atoms with Gasteiger partial charge < -0.3 is 9.80 Å². The Balaban J connectivity index is 1.04. The van der Waals surface area contributed by atoms with Gasteiger partial charge in [0.1, 0.15) is 0 Å². The zero-order valence-electron chi connectivity index (χ0n) is 35.8. The molecule has 1 aliphatic rings. The first-order valence-corrected chi connectivity index (χ1v) is 24.4. The summed E-state index contributed by atoms with van der Waals surface area (Å²) in [5.41, 5.74) is 11.7. The quantitative estimate of drug-likeness (QED) is 0.111. The number of fused-ring (bicyclic) bond motifs is 5. The normalized spacial score (nSPS) is 12.7. The first-order valence-electron chi connectivity index (χ1n) is 22.4. The van der Waals surface area contributed by atoms with Crippen molar-refractivity contribution in [2.75, 3.05) is 9.80 Å². The molecule has 0 aliphatic carbocycles. The molecule has 1 heterocycles. The van der Waals surface area contributed by atoms with E-state index < -0.39 is 8.07 Å². The maximum Gasteiger partial charge on any atom is 0.184 e. The van der Waals surface area contributed by atoms with E-state index >= 15 is 0 Å². The van der Waals surface area contributed by atoms with Crippen molar-refractivity contribution in [3.05, 3.63) is 267 Å². The predicted molar refractivity (Wildman–Crippen MR) is 279 cm³/mol. The second-order valence-electron chi connectivity index (χ2n) is 16.9. The highest BCUT2D eigenvalue weighted by Crippen LogP contribution is 2.44. The van der Waals surface area contributed by atoms with E-state index in [1.807, 2.05) is 0 Å². The molecule has 12 rings (SSSR count). The Labute approximate surface area is 381 Å². The maximum absolute atomic E-state index is 2.86. The number of hydrogen-bond donors (Lipinski definition) is 0. The van der Waals surface area contributed by atoms with Gasteiger partial charge in [0.2, 0.25) is 0 Å². The number of nitrogens with zero attached hydrogens (tertiary/aromatic N) is 2. The largest absolute Gasteiger partial charge is 0.311 e. The maximum atomic E-state index is 2.51. The van der Waals surface area contributed by atoms with E-state index in [1.54, 1.807) is 0 Å². The van der Waals surface area contributed by atoms with Gasteiger partial charge in [-0.3, -0.25) is 0 Å². The third kappa shape index (κ3) is 6.47. The third-order valence-corrected chi connectivity index (χ3v) is 18.1. The second-order valence-corrected chi connectivity index (χ2v) is 20.6. The monoisotopic (exact) mass is 844 g/mol. The zero-order chi connectivity index (χ0) is 43.2. The number of para-hydroxylation sites is 2. The number of hydrogen-bond acceptors (Lipinski definition) is 2. The highest BCUT2D eigenvalue weighted by atomic mass is 28.3. The molecule has 0 N–H and O–H groups in total. The fourth-order valence-electron chi connectivity index (χ4n) is 10.4. The average molecular weight is 845 g/mol. The summed E-state index contributed by atoms with van der Waals surface area (Å²) in [6.07, 6.45) is 0. The van der Waals surface area contributed by atoms with E-state index in [0.717, 1.165) is 22.7 Å². The zero-order valence-corrected chi connectivity index (χ0v) is 36.8. The van der Waals surface area contributed by atoms with Gasteiger partial charge in [0.15, 0.2) is 8.07 Å². The van der Waals surface area contributed by atoms with Crippen LogP contribution in [-0.4, -0.2) is 8.07 Å². The molecule has 65 heavy (non-hydrogen) atoms. The van der Waals surface area contributed by atoms with Gasteiger partial charge in [-0.15, -0.1) is 0 Å². The Bertz CT molecular complexity index is 3420. The topological polar surface area (TPSA) is 6.48 Å². The van der Waals surface area contributed by atoms with Crippen LogP contribution in [0, 0.1) is 0 Å². The number of benzene rings is 11. The second kappa shape index (κ2) is 16.1. The molecule has 3 heteroatoms. The molecular weight excluding hydrogens is 801 g/mol. The molecule has 1 aliphatic heterocycles. The van der Waals surface area contributed by atoms with Crippen LogP contribution in [0.1, 0.15) is 0 Å². The third-order valence-electron chi connectivity index (χ3n) is 13.3.